The third-order valence-corrected chi connectivity index (χ3v) is 4.49. The van der Waals surface area contributed by atoms with Gasteiger partial charge in [0.25, 0.3) is 5.91 Å². The number of para-hydroxylation sites is 1. The maximum Gasteiger partial charge on any atom is 0.339 e. The number of hydrogen-bond acceptors (Lipinski definition) is 4. The van der Waals surface area contributed by atoms with Gasteiger partial charge in [-0.2, -0.15) is 0 Å². The third kappa shape index (κ3) is 4.78. The van der Waals surface area contributed by atoms with Gasteiger partial charge in [0.2, 0.25) is 0 Å². The number of carbonyl (C=O) groups is 3. The summed E-state index contributed by atoms with van der Waals surface area (Å²) < 4.78 is 18.9. The number of amides is 1. The number of hydrogen-bond donors (Lipinski definition) is 1. The van der Waals surface area contributed by atoms with Crippen molar-refractivity contribution in [3.8, 4) is 0 Å². The minimum atomic E-state index is -1.19. The normalized spacial score (nSPS) is 11.4. The summed E-state index contributed by atoms with van der Waals surface area (Å²) in [4.78, 5) is 37.8. The van der Waals surface area contributed by atoms with E-state index in [0.717, 1.165) is 5.56 Å². The molecule has 1 amide bonds. The number of ketones is 1. The summed E-state index contributed by atoms with van der Waals surface area (Å²) in [7, 11) is 0. The quantitative estimate of drug-likeness (QED) is 0.482. The molecule has 0 saturated heterocycles. The van der Waals surface area contributed by atoms with Gasteiger partial charge in [-0.25, -0.2) is 9.18 Å². The van der Waals surface area contributed by atoms with Crippen molar-refractivity contribution in [2.45, 2.75) is 20.0 Å². The van der Waals surface area contributed by atoms with Gasteiger partial charge in [-0.1, -0.05) is 60.2 Å². The maximum absolute atomic E-state index is 13.7. The molecule has 0 heterocycles. The van der Waals surface area contributed by atoms with Gasteiger partial charge in [-0.3, -0.25) is 9.59 Å². The van der Waals surface area contributed by atoms with Crippen LogP contribution in [0.2, 0.25) is 0 Å². The molecule has 0 spiro atoms. The van der Waals surface area contributed by atoms with Crippen LogP contribution in [0.25, 0.3) is 0 Å². The van der Waals surface area contributed by atoms with Crippen LogP contribution >= 0.6 is 0 Å². The van der Waals surface area contributed by atoms with Crippen molar-refractivity contribution in [3.05, 3.63) is 101 Å². The van der Waals surface area contributed by atoms with Gasteiger partial charge in [-0.05, 0) is 32.0 Å². The molecule has 6 heteroatoms. The van der Waals surface area contributed by atoms with E-state index in [2.05, 4.69) is 5.32 Å². The van der Waals surface area contributed by atoms with Crippen LogP contribution in [0.3, 0.4) is 0 Å². The lowest BCUT2D eigenvalue weighted by Gasteiger charge is -2.15. The fourth-order valence-electron chi connectivity index (χ4n) is 2.79. The van der Waals surface area contributed by atoms with E-state index in [0.29, 0.717) is 5.56 Å². The largest absolute Gasteiger partial charge is 0.449 e. The highest BCUT2D eigenvalue weighted by Crippen LogP contribution is 2.18. The fourth-order valence-corrected chi connectivity index (χ4v) is 2.79. The zero-order chi connectivity index (χ0) is 21.7. The van der Waals surface area contributed by atoms with Crippen molar-refractivity contribution in [1.29, 1.82) is 0 Å². The Kier molecular flexibility index (Phi) is 6.37. The fraction of sp³-hybridized carbons (Fsp3) is 0.125. The Balaban J connectivity index is 1.75. The topological polar surface area (TPSA) is 72.5 Å². The molecule has 3 rings (SSSR count). The molecular formula is C24H20FNO4. The van der Waals surface area contributed by atoms with Crippen molar-refractivity contribution < 1.29 is 23.5 Å². The summed E-state index contributed by atoms with van der Waals surface area (Å²) in [5.41, 5.74) is 1.65. The molecule has 0 aliphatic carbocycles. The molecule has 152 valence electrons. The van der Waals surface area contributed by atoms with Gasteiger partial charge in [0.1, 0.15) is 5.82 Å². The van der Waals surface area contributed by atoms with Crippen LogP contribution in [0.1, 0.15) is 38.8 Å². The zero-order valence-electron chi connectivity index (χ0n) is 16.5. The molecular weight excluding hydrogens is 385 g/mol. The number of nitrogens with one attached hydrogen (secondary N) is 1. The van der Waals surface area contributed by atoms with Crippen LogP contribution in [-0.2, 0) is 9.53 Å². The van der Waals surface area contributed by atoms with Crippen molar-refractivity contribution in [3.63, 3.8) is 0 Å². The molecule has 0 fully saturated rings. The van der Waals surface area contributed by atoms with Crippen molar-refractivity contribution in [2.24, 2.45) is 0 Å². The van der Waals surface area contributed by atoms with E-state index in [9.17, 15) is 18.8 Å². The molecule has 0 bridgehead atoms. The molecule has 0 aliphatic heterocycles. The van der Waals surface area contributed by atoms with E-state index >= 15 is 0 Å². The second kappa shape index (κ2) is 9.13. The predicted octanol–water partition coefficient (Wildman–Crippen LogP) is 4.55. The number of rotatable bonds is 6. The Bertz CT molecular complexity index is 1090. The van der Waals surface area contributed by atoms with Crippen molar-refractivity contribution >= 4 is 23.3 Å². The standard InChI is InChI=1S/C24H20FNO4/c1-15-11-13-17(14-12-15)22(27)18-7-3-4-8-19(18)24(29)30-16(2)23(28)26-21-10-6-5-9-20(21)25/h3-14,16H,1-2H3,(H,26,28)/t16-/m1/s1. The number of anilines is 1. The smallest absolute Gasteiger partial charge is 0.339 e. The molecule has 5 nitrogen and oxygen atoms in total. The van der Waals surface area contributed by atoms with E-state index in [1.807, 2.05) is 19.1 Å². The van der Waals surface area contributed by atoms with Crippen LogP contribution in [0.5, 0.6) is 0 Å². The van der Waals surface area contributed by atoms with Crippen LogP contribution in [0.15, 0.2) is 72.8 Å². The van der Waals surface area contributed by atoms with Gasteiger partial charge in [-0.15, -0.1) is 0 Å². The number of carbonyl (C=O) groups excluding carboxylic acids is 3. The first-order chi connectivity index (χ1) is 14.4. The predicted molar refractivity (Wildman–Crippen MR) is 111 cm³/mol. The second-order valence-electron chi connectivity index (χ2n) is 6.76. The van der Waals surface area contributed by atoms with Crippen molar-refractivity contribution in [1.82, 2.24) is 0 Å². The SMILES string of the molecule is Cc1ccc(C(=O)c2ccccc2C(=O)O[C@H](C)C(=O)Nc2ccccc2F)cc1. The molecule has 3 aromatic rings. The number of aryl methyl sites for hydroxylation is 1. The van der Waals surface area contributed by atoms with Crippen molar-refractivity contribution in [2.75, 3.05) is 5.32 Å². The van der Waals surface area contributed by atoms with E-state index in [-0.39, 0.29) is 22.6 Å². The molecule has 1 N–H and O–H groups in total. The van der Waals surface area contributed by atoms with Crippen LogP contribution in [0, 0.1) is 12.7 Å². The lowest BCUT2D eigenvalue weighted by molar-refractivity contribution is -0.123. The van der Waals surface area contributed by atoms with Gasteiger partial charge in [0.15, 0.2) is 11.9 Å². The zero-order valence-corrected chi connectivity index (χ0v) is 16.5. The third-order valence-electron chi connectivity index (χ3n) is 4.49. The molecule has 0 unspecified atom stereocenters. The average molecular weight is 405 g/mol. The molecule has 0 aromatic heterocycles. The summed E-state index contributed by atoms with van der Waals surface area (Å²) in [5, 5.41) is 2.38. The average Bonchev–Trinajstić information content (AvgIpc) is 2.75. The summed E-state index contributed by atoms with van der Waals surface area (Å²) >= 11 is 0. The summed E-state index contributed by atoms with van der Waals surface area (Å²) in [6, 6.07) is 18.9. The minimum Gasteiger partial charge on any atom is -0.449 e. The van der Waals surface area contributed by atoms with E-state index < -0.39 is 23.8 Å². The molecule has 0 saturated carbocycles. The highest BCUT2D eigenvalue weighted by molar-refractivity contribution is 6.14. The van der Waals surface area contributed by atoms with Crippen LogP contribution < -0.4 is 5.32 Å². The van der Waals surface area contributed by atoms with Crippen LogP contribution in [0.4, 0.5) is 10.1 Å². The monoisotopic (exact) mass is 405 g/mol. The van der Waals surface area contributed by atoms with Crippen LogP contribution in [-0.4, -0.2) is 23.8 Å². The highest BCUT2D eigenvalue weighted by Gasteiger charge is 2.24. The first-order valence-electron chi connectivity index (χ1n) is 9.33. The molecule has 30 heavy (non-hydrogen) atoms. The Morgan fingerprint density at radius 1 is 0.867 bits per heavy atom. The maximum atomic E-state index is 13.7. The molecule has 0 aliphatic rings. The van der Waals surface area contributed by atoms with Gasteiger partial charge in [0.05, 0.1) is 11.3 Å². The van der Waals surface area contributed by atoms with Gasteiger partial charge >= 0.3 is 5.97 Å². The number of esters is 1. The van der Waals surface area contributed by atoms with Gasteiger partial charge in [0, 0.05) is 11.1 Å². The van der Waals surface area contributed by atoms with E-state index in [1.54, 1.807) is 30.3 Å². The second-order valence-corrected chi connectivity index (χ2v) is 6.76. The Hall–Kier alpha value is -3.80. The highest BCUT2D eigenvalue weighted by atomic mass is 19.1. The minimum absolute atomic E-state index is 0.0136. The Morgan fingerprint density at radius 2 is 1.47 bits per heavy atom. The molecule has 3 aromatic carbocycles. The number of benzene rings is 3. The van der Waals surface area contributed by atoms with E-state index in [4.69, 9.17) is 4.74 Å². The number of halogens is 1. The summed E-state index contributed by atoms with van der Waals surface area (Å²) in [6.07, 6.45) is -1.19. The van der Waals surface area contributed by atoms with E-state index in [1.165, 1.54) is 37.3 Å². The Labute approximate surface area is 173 Å². The molecule has 0 radical (unpaired) electrons. The Morgan fingerprint density at radius 3 is 2.13 bits per heavy atom. The first kappa shape index (κ1) is 20.9. The van der Waals surface area contributed by atoms with Gasteiger partial charge < -0.3 is 10.1 Å². The molecule has 1 atom stereocenters. The first-order valence-corrected chi connectivity index (χ1v) is 9.33. The summed E-state index contributed by atoms with van der Waals surface area (Å²) in [5.74, 6) is -2.43. The summed E-state index contributed by atoms with van der Waals surface area (Å²) in [6.45, 7) is 3.28. The lowest BCUT2D eigenvalue weighted by Crippen LogP contribution is -2.30. The number of ether oxygens (including phenoxy) is 1. The lowest BCUT2D eigenvalue weighted by atomic mass is 9.98.